The first-order valence-corrected chi connectivity index (χ1v) is 11.9. The highest BCUT2D eigenvalue weighted by Crippen LogP contribution is 2.30. The van der Waals surface area contributed by atoms with Crippen molar-refractivity contribution in [1.82, 2.24) is 15.0 Å². The van der Waals surface area contributed by atoms with Crippen LogP contribution in [0.1, 0.15) is 37.9 Å². The fourth-order valence-corrected chi connectivity index (χ4v) is 4.56. The van der Waals surface area contributed by atoms with Crippen molar-refractivity contribution in [3.05, 3.63) is 77.1 Å². The second-order valence-electron chi connectivity index (χ2n) is 9.40. The van der Waals surface area contributed by atoms with Crippen LogP contribution in [0.25, 0.3) is 22.2 Å². The van der Waals surface area contributed by atoms with Gasteiger partial charge in [-0.05, 0) is 80.5 Å². The molecule has 1 aliphatic heterocycles. The summed E-state index contributed by atoms with van der Waals surface area (Å²) in [6.07, 6.45) is 3.75. The second kappa shape index (κ2) is 9.13. The van der Waals surface area contributed by atoms with Gasteiger partial charge in [-0.1, -0.05) is 35.7 Å². The maximum absolute atomic E-state index is 10.3. The van der Waals surface area contributed by atoms with Crippen LogP contribution in [0.15, 0.2) is 60.8 Å². The van der Waals surface area contributed by atoms with E-state index in [1.165, 1.54) is 0 Å². The molecule has 1 aliphatic rings. The van der Waals surface area contributed by atoms with Crippen LogP contribution in [-0.2, 0) is 0 Å². The highest BCUT2D eigenvalue weighted by Gasteiger charge is 2.31. The van der Waals surface area contributed by atoms with Gasteiger partial charge in [0.1, 0.15) is 5.69 Å². The first kappa shape index (κ1) is 22.5. The van der Waals surface area contributed by atoms with E-state index in [2.05, 4.69) is 26.7 Å². The molecule has 0 amide bonds. The van der Waals surface area contributed by atoms with E-state index in [0.717, 1.165) is 70.3 Å². The number of hydrogen-bond acceptors (Lipinski definition) is 4. The largest absolute Gasteiger partial charge is 0.390 e. The van der Waals surface area contributed by atoms with Crippen molar-refractivity contribution in [3.8, 4) is 23.0 Å². The van der Waals surface area contributed by atoms with Gasteiger partial charge >= 0.3 is 0 Å². The summed E-state index contributed by atoms with van der Waals surface area (Å²) in [5.74, 6) is 7.57. The zero-order chi connectivity index (χ0) is 23.7. The zero-order valence-electron chi connectivity index (χ0n) is 19.3. The number of aromatic nitrogens is 3. The molecule has 6 heteroatoms. The predicted octanol–water partition coefficient (Wildman–Crippen LogP) is 5.67. The van der Waals surface area contributed by atoms with E-state index in [0.29, 0.717) is 5.92 Å². The maximum Gasteiger partial charge on any atom is 0.203 e. The lowest BCUT2D eigenvalue weighted by atomic mass is 9.83. The lowest BCUT2D eigenvalue weighted by Crippen LogP contribution is -2.42. The molecule has 0 aliphatic carbocycles. The molecule has 2 aromatic heterocycles. The average Bonchev–Trinajstić information content (AvgIpc) is 3.27. The number of hydrogen-bond donors (Lipinski definition) is 2. The van der Waals surface area contributed by atoms with E-state index >= 15 is 0 Å². The SMILES string of the molecule is CC(C)(O)C1CCN(c2nc3ccc(C#Cc4ccc(-c5ccc(Cl)cc5)cn4)cc3[nH]2)CC1. The van der Waals surface area contributed by atoms with Crippen molar-refractivity contribution >= 4 is 28.6 Å². The Kier molecular flexibility index (Phi) is 6.03. The van der Waals surface area contributed by atoms with Gasteiger partial charge in [0.2, 0.25) is 5.95 Å². The van der Waals surface area contributed by atoms with E-state index < -0.39 is 5.60 Å². The first-order chi connectivity index (χ1) is 16.3. The van der Waals surface area contributed by atoms with Crippen molar-refractivity contribution in [2.24, 2.45) is 5.92 Å². The molecule has 172 valence electrons. The van der Waals surface area contributed by atoms with Crippen LogP contribution < -0.4 is 4.90 Å². The van der Waals surface area contributed by atoms with Crippen molar-refractivity contribution in [2.45, 2.75) is 32.3 Å². The molecule has 4 aromatic rings. The fraction of sp³-hybridized carbons (Fsp3) is 0.286. The highest BCUT2D eigenvalue weighted by atomic mass is 35.5. The molecule has 0 radical (unpaired) electrons. The maximum atomic E-state index is 10.3. The van der Waals surface area contributed by atoms with E-state index in [1.807, 2.05) is 74.6 Å². The third-order valence-corrected chi connectivity index (χ3v) is 6.79. The fourth-order valence-electron chi connectivity index (χ4n) is 4.44. The summed E-state index contributed by atoms with van der Waals surface area (Å²) in [6, 6.07) is 17.7. The number of pyridine rings is 1. The molecule has 0 bridgehead atoms. The molecule has 5 rings (SSSR count). The number of piperidine rings is 1. The Bertz CT molecular complexity index is 1350. The number of halogens is 1. The predicted molar refractivity (Wildman–Crippen MR) is 138 cm³/mol. The second-order valence-corrected chi connectivity index (χ2v) is 9.83. The van der Waals surface area contributed by atoms with Gasteiger partial charge < -0.3 is 15.0 Å². The zero-order valence-corrected chi connectivity index (χ0v) is 20.1. The Balaban J connectivity index is 1.29. The summed E-state index contributed by atoms with van der Waals surface area (Å²) in [4.78, 5) is 15.0. The van der Waals surface area contributed by atoms with Crippen LogP contribution in [0.4, 0.5) is 5.95 Å². The molecular formula is C28H27ClN4O. The van der Waals surface area contributed by atoms with Gasteiger partial charge in [0.15, 0.2) is 0 Å². The molecule has 34 heavy (non-hydrogen) atoms. The first-order valence-electron chi connectivity index (χ1n) is 11.6. The van der Waals surface area contributed by atoms with E-state index in [9.17, 15) is 5.11 Å². The lowest BCUT2D eigenvalue weighted by molar-refractivity contribution is 0.00641. The summed E-state index contributed by atoms with van der Waals surface area (Å²) < 4.78 is 0. The van der Waals surface area contributed by atoms with Gasteiger partial charge in [0, 0.05) is 35.4 Å². The van der Waals surface area contributed by atoms with Crippen LogP contribution in [0.2, 0.25) is 5.02 Å². The summed E-state index contributed by atoms with van der Waals surface area (Å²) in [5.41, 5.74) is 5.00. The van der Waals surface area contributed by atoms with Gasteiger partial charge in [-0.15, -0.1) is 0 Å². The van der Waals surface area contributed by atoms with Crippen LogP contribution >= 0.6 is 11.6 Å². The standard InChI is InChI=1S/C28H27ClN4O/c1-28(2,34)22-13-15-33(16-14-22)27-31-25-12-4-19(17-26(25)32-27)3-10-24-11-7-21(18-30-24)20-5-8-23(29)9-6-20/h4-9,11-12,17-18,22,34H,13-16H2,1-2H3,(H,31,32). The monoisotopic (exact) mass is 470 g/mol. The number of fused-ring (bicyclic) bond motifs is 1. The molecule has 5 nitrogen and oxygen atoms in total. The number of anilines is 1. The van der Waals surface area contributed by atoms with Gasteiger partial charge in [0.05, 0.1) is 16.6 Å². The Labute approximate surface area is 204 Å². The molecule has 2 aromatic carbocycles. The average molecular weight is 471 g/mol. The molecule has 1 saturated heterocycles. The van der Waals surface area contributed by atoms with Crippen molar-refractivity contribution in [2.75, 3.05) is 18.0 Å². The number of nitrogens with zero attached hydrogens (tertiary/aromatic N) is 3. The molecule has 0 atom stereocenters. The normalized spacial score (nSPS) is 14.8. The van der Waals surface area contributed by atoms with Gasteiger partial charge in [0.25, 0.3) is 0 Å². The van der Waals surface area contributed by atoms with Crippen LogP contribution in [0, 0.1) is 17.8 Å². The van der Waals surface area contributed by atoms with Crippen LogP contribution in [-0.4, -0.2) is 38.7 Å². The number of benzene rings is 2. The van der Waals surface area contributed by atoms with E-state index in [1.54, 1.807) is 0 Å². The number of aliphatic hydroxyl groups is 1. The topological polar surface area (TPSA) is 65.0 Å². The number of aromatic amines is 1. The molecule has 2 N–H and O–H groups in total. The van der Waals surface area contributed by atoms with Crippen molar-refractivity contribution < 1.29 is 5.11 Å². The third-order valence-electron chi connectivity index (χ3n) is 6.54. The number of imidazole rings is 1. The molecule has 3 heterocycles. The molecule has 1 fully saturated rings. The number of rotatable bonds is 3. The minimum absolute atomic E-state index is 0.323. The molecule has 0 saturated carbocycles. The summed E-state index contributed by atoms with van der Waals surface area (Å²) in [5, 5.41) is 11.0. The van der Waals surface area contributed by atoms with Crippen molar-refractivity contribution in [1.29, 1.82) is 0 Å². The Morgan fingerprint density at radius 3 is 2.41 bits per heavy atom. The Hall–Kier alpha value is -3.33. The van der Waals surface area contributed by atoms with Gasteiger partial charge in [-0.25, -0.2) is 9.97 Å². The summed E-state index contributed by atoms with van der Waals surface area (Å²) in [6.45, 7) is 5.58. The minimum atomic E-state index is -0.626. The van der Waals surface area contributed by atoms with E-state index in [-0.39, 0.29) is 0 Å². The minimum Gasteiger partial charge on any atom is -0.390 e. The molecule has 0 unspecified atom stereocenters. The third kappa shape index (κ3) is 4.94. The molecule has 0 spiro atoms. The summed E-state index contributed by atoms with van der Waals surface area (Å²) in [7, 11) is 0. The van der Waals surface area contributed by atoms with Crippen LogP contribution in [0.3, 0.4) is 0 Å². The van der Waals surface area contributed by atoms with Crippen molar-refractivity contribution in [3.63, 3.8) is 0 Å². The number of H-pyrrole nitrogens is 1. The highest BCUT2D eigenvalue weighted by molar-refractivity contribution is 6.30. The number of nitrogens with one attached hydrogen (secondary N) is 1. The van der Waals surface area contributed by atoms with Crippen LogP contribution in [0.5, 0.6) is 0 Å². The lowest BCUT2D eigenvalue weighted by Gasteiger charge is -2.37. The smallest absolute Gasteiger partial charge is 0.203 e. The van der Waals surface area contributed by atoms with E-state index in [4.69, 9.17) is 16.6 Å². The van der Waals surface area contributed by atoms with Gasteiger partial charge in [-0.2, -0.15) is 0 Å². The molecular weight excluding hydrogens is 444 g/mol. The Morgan fingerprint density at radius 2 is 1.74 bits per heavy atom. The van der Waals surface area contributed by atoms with Gasteiger partial charge in [-0.3, -0.25) is 0 Å². The quantitative estimate of drug-likeness (QED) is 0.379. The Morgan fingerprint density at radius 1 is 1.00 bits per heavy atom. The summed E-state index contributed by atoms with van der Waals surface area (Å²) >= 11 is 5.97.